The number of carbonyl (C=O) groups is 1. The van der Waals surface area contributed by atoms with Crippen molar-refractivity contribution in [3.63, 3.8) is 0 Å². The largest absolute Gasteiger partial charge is 0.417 e. The fourth-order valence-electron chi connectivity index (χ4n) is 1.94. The molecule has 0 atom stereocenters. The highest BCUT2D eigenvalue weighted by atomic mass is 19.4. The summed E-state index contributed by atoms with van der Waals surface area (Å²) in [6, 6.07) is 7.12. The molecule has 2 rings (SSSR count). The molecule has 0 radical (unpaired) electrons. The van der Waals surface area contributed by atoms with Gasteiger partial charge in [0, 0.05) is 29.9 Å². The first-order chi connectivity index (χ1) is 9.43. The number of hydrogen-bond donors (Lipinski definition) is 0. The van der Waals surface area contributed by atoms with Gasteiger partial charge in [0.05, 0.1) is 5.56 Å². The molecule has 5 heteroatoms. The fourth-order valence-corrected chi connectivity index (χ4v) is 1.94. The first-order valence-electron chi connectivity index (χ1n) is 6.08. The van der Waals surface area contributed by atoms with Gasteiger partial charge in [0.2, 0.25) is 0 Å². The van der Waals surface area contributed by atoms with Gasteiger partial charge in [-0.25, -0.2) is 0 Å². The highest BCUT2D eigenvalue weighted by molar-refractivity contribution is 5.97. The molecule has 104 valence electrons. The molecule has 0 amide bonds. The molecule has 0 spiro atoms. The van der Waals surface area contributed by atoms with E-state index >= 15 is 0 Å². The van der Waals surface area contributed by atoms with Crippen molar-refractivity contribution in [2.75, 3.05) is 0 Å². The van der Waals surface area contributed by atoms with Gasteiger partial charge in [-0.2, -0.15) is 13.2 Å². The number of pyridine rings is 1. The molecule has 0 fully saturated rings. The van der Waals surface area contributed by atoms with Gasteiger partial charge in [0.1, 0.15) is 0 Å². The number of Topliss-reactive ketones (excluding diaryl/α,β-unsaturated/α-hetero) is 1. The Kier molecular flexibility index (Phi) is 3.88. The van der Waals surface area contributed by atoms with Crippen LogP contribution in [0.4, 0.5) is 13.2 Å². The normalized spacial score (nSPS) is 11.4. The highest BCUT2D eigenvalue weighted by Gasteiger charge is 2.33. The summed E-state index contributed by atoms with van der Waals surface area (Å²) in [7, 11) is 0. The third-order valence-corrected chi connectivity index (χ3v) is 2.94. The molecule has 1 heterocycles. The van der Waals surface area contributed by atoms with Crippen molar-refractivity contribution in [3.8, 4) is 11.1 Å². The van der Waals surface area contributed by atoms with Crippen LogP contribution < -0.4 is 0 Å². The number of aromatic nitrogens is 1. The van der Waals surface area contributed by atoms with Gasteiger partial charge >= 0.3 is 6.18 Å². The van der Waals surface area contributed by atoms with Crippen molar-refractivity contribution in [1.29, 1.82) is 0 Å². The van der Waals surface area contributed by atoms with E-state index in [1.165, 1.54) is 12.3 Å². The molecule has 0 aliphatic carbocycles. The Bertz CT molecular complexity index is 635. The summed E-state index contributed by atoms with van der Waals surface area (Å²) in [6.07, 6.45) is -1.88. The summed E-state index contributed by atoms with van der Waals surface area (Å²) in [5.41, 5.74) is -0.0361. The van der Waals surface area contributed by atoms with Crippen LogP contribution in [-0.4, -0.2) is 10.8 Å². The van der Waals surface area contributed by atoms with Gasteiger partial charge in [0.15, 0.2) is 5.78 Å². The number of carbonyl (C=O) groups excluding carboxylic acids is 1. The predicted octanol–water partition coefficient (Wildman–Crippen LogP) is 4.36. The number of benzene rings is 1. The van der Waals surface area contributed by atoms with Gasteiger partial charge in [-0.1, -0.05) is 25.1 Å². The number of hydrogen-bond acceptors (Lipinski definition) is 2. The molecule has 0 unspecified atom stereocenters. The zero-order chi connectivity index (χ0) is 14.8. The molecule has 1 aromatic carbocycles. The van der Waals surface area contributed by atoms with Gasteiger partial charge in [-0.15, -0.1) is 0 Å². The first-order valence-corrected chi connectivity index (χ1v) is 6.08. The lowest BCUT2D eigenvalue weighted by atomic mass is 9.98. The molecule has 0 N–H and O–H groups in total. The molecule has 20 heavy (non-hydrogen) atoms. The third-order valence-electron chi connectivity index (χ3n) is 2.94. The van der Waals surface area contributed by atoms with Crippen LogP contribution in [0.5, 0.6) is 0 Å². The minimum Gasteiger partial charge on any atom is -0.294 e. The average molecular weight is 279 g/mol. The zero-order valence-electron chi connectivity index (χ0n) is 10.7. The Hall–Kier alpha value is -2.17. The third kappa shape index (κ3) is 2.87. The lowest BCUT2D eigenvalue weighted by Gasteiger charge is -2.12. The maximum absolute atomic E-state index is 13.0. The average Bonchev–Trinajstić information content (AvgIpc) is 2.45. The Balaban J connectivity index is 2.55. The van der Waals surface area contributed by atoms with Gasteiger partial charge in [-0.3, -0.25) is 9.78 Å². The smallest absolute Gasteiger partial charge is 0.294 e. The second kappa shape index (κ2) is 5.45. The molecular formula is C15H12F3NO. The molecule has 1 aromatic heterocycles. The van der Waals surface area contributed by atoms with Crippen LogP contribution in [0.25, 0.3) is 11.1 Å². The Morgan fingerprint density at radius 2 is 2.00 bits per heavy atom. The van der Waals surface area contributed by atoms with E-state index in [0.29, 0.717) is 17.5 Å². The topological polar surface area (TPSA) is 30.0 Å². The number of nitrogens with zero attached hydrogens (tertiary/aromatic N) is 1. The SMILES string of the molecule is CCC(=O)c1cccc(-c2cnccc2C(F)(F)F)c1. The van der Waals surface area contributed by atoms with Crippen molar-refractivity contribution in [1.82, 2.24) is 4.98 Å². The molecule has 0 bridgehead atoms. The van der Waals surface area contributed by atoms with Crippen LogP contribution in [0, 0.1) is 0 Å². The minimum atomic E-state index is -4.46. The van der Waals surface area contributed by atoms with Crippen LogP contribution in [0.3, 0.4) is 0 Å². The van der Waals surface area contributed by atoms with Gasteiger partial charge in [-0.05, 0) is 17.7 Å². The van der Waals surface area contributed by atoms with Crippen LogP contribution in [0.15, 0.2) is 42.7 Å². The summed E-state index contributed by atoms with van der Waals surface area (Å²) in [6.45, 7) is 1.71. The van der Waals surface area contributed by atoms with E-state index in [-0.39, 0.29) is 11.3 Å². The van der Waals surface area contributed by atoms with Crippen molar-refractivity contribution in [3.05, 3.63) is 53.9 Å². The minimum absolute atomic E-state index is 0.0225. The summed E-state index contributed by atoms with van der Waals surface area (Å²) < 4.78 is 38.9. The summed E-state index contributed by atoms with van der Waals surface area (Å²) in [4.78, 5) is 15.4. The van der Waals surface area contributed by atoms with Crippen LogP contribution >= 0.6 is 0 Å². The van der Waals surface area contributed by atoms with Crippen LogP contribution in [0.1, 0.15) is 29.3 Å². The second-order valence-corrected chi connectivity index (χ2v) is 4.28. The Morgan fingerprint density at radius 3 is 2.65 bits per heavy atom. The standard InChI is InChI=1S/C15H12F3NO/c1-2-14(20)11-5-3-4-10(8-11)12-9-19-7-6-13(12)15(16,17)18/h3-9H,2H2,1H3. The van der Waals surface area contributed by atoms with Crippen molar-refractivity contribution in [2.45, 2.75) is 19.5 Å². The van der Waals surface area contributed by atoms with E-state index in [4.69, 9.17) is 0 Å². The molecular weight excluding hydrogens is 267 g/mol. The maximum atomic E-state index is 13.0. The molecule has 0 saturated heterocycles. The van der Waals surface area contributed by atoms with Crippen molar-refractivity contribution < 1.29 is 18.0 Å². The molecule has 2 aromatic rings. The monoisotopic (exact) mass is 279 g/mol. The van der Waals surface area contributed by atoms with E-state index in [9.17, 15) is 18.0 Å². The van der Waals surface area contributed by atoms with Crippen molar-refractivity contribution in [2.24, 2.45) is 0 Å². The Labute approximate surface area is 114 Å². The van der Waals surface area contributed by atoms with E-state index in [0.717, 1.165) is 12.3 Å². The summed E-state index contributed by atoms with van der Waals surface area (Å²) in [5.74, 6) is -0.107. The lowest BCUT2D eigenvalue weighted by molar-refractivity contribution is -0.137. The first kappa shape index (κ1) is 14.2. The van der Waals surface area contributed by atoms with E-state index < -0.39 is 11.7 Å². The highest BCUT2D eigenvalue weighted by Crippen LogP contribution is 2.36. The Morgan fingerprint density at radius 1 is 1.25 bits per heavy atom. The lowest BCUT2D eigenvalue weighted by Crippen LogP contribution is -2.07. The fraction of sp³-hybridized carbons (Fsp3) is 0.200. The van der Waals surface area contributed by atoms with Crippen LogP contribution in [0.2, 0.25) is 0 Å². The van der Waals surface area contributed by atoms with Crippen LogP contribution in [-0.2, 0) is 6.18 Å². The molecule has 0 saturated carbocycles. The number of ketones is 1. The summed E-state index contributed by atoms with van der Waals surface area (Å²) >= 11 is 0. The zero-order valence-corrected chi connectivity index (χ0v) is 10.7. The quantitative estimate of drug-likeness (QED) is 0.781. The number of halogens is 3. The maximum Gasteiger partial charge on any atom is 0.417 e. The van der Waals surface area contributed by atoms with Gasteiger partial charge < -0.3 is 0 Å². The van der Waals surface area contributed by atoms with Gasteiger partial charge in [0.25, 0.3) is 0 Å². The summed E-state index contributed by atoms with van der Waals surface area (Å²) in [5, 5.41) is 0. The van der Waals surface area contributed by atoms with E-state index in [2.05, 4.69) is 4.98 Å². The second-order valence-electron chi connectivity index (χ2n) is 4.28. The van der Waals surface area contributed by atoms with E-state index in [1.807, 2.05) is 0 Å². The number of alkyl halides is 3. The predicted molar refractivity (Wildman–Crippen MR) is 69.3 cm³/mol. The van der Waals surface area contributed by atoms with Crippen molar-refractivity contribution >= 4 is 5.78 Å². The molecule has 0 aliphatic rings. The molecule has 2 nitrogen and oxygen atoms in total. The molecule has 0 aliphatic heterocycles. The van der Waals surface area contributed by atoms with E-state index in [1.54, 1.807) is 25.1 Å². The number of rotatable bonds is 3.